The van der Waals surface area contributed by atoms with Gasteiger partial charge < -0.3 is 4.74 Å². The predicted molar refractivity (Wildman–Crippen MR) is 117 cm³/mol. The Kier molecular flexibility index (Phi) is 4.25. The number of ketones is 1. The number of allylic oxidation sites excluding steroid dienone is 2. The smallest absolute Gasteiger partial charge is 0.156 e. The van der Waals surface area contributed by atoms with Gasteiger partial charge in [0.2, 0.25) is 0 Å². The summed E-state index contributed by atoms with van der Waals surface area (Å²) in [6.07, 6.45) is 3.30. The monoisotopic (exact) mass is 384 g/mol. The van der Waals surface area contributed by atoms with Crippen molar-refractivity contribution < 1.29 is 9.53 Å². The third-order valence-electron chi connectivity index (χ3n) is 5.59. The van der Waals surface area contributed by atoms with E-state index < -0.39 is 0 Å². The van der Waals surface area contributed by atoms with Crippen molar-refractivity contribution in [1.82, 2.24) is 0 Å². The van der Waals surface area contributed by atoms with Crippen molar-refractivity contribution in [2.45, 2.75) is 18.8 Å². The van der Waals surface area contributed by atoms with E-state index in [4.69, 9.17) is 4.74 Å². The minimum atomic E-state index is 0.207. The Balaban J connectivity index is 1.50. The lowest BCUT2D eigenvalue weighted by atomic mass is 9.81. The maximum atomic E-state index is 12.5. The molecule has 3 aromatic carbocycles. The molecule has 1 aliphatic carbocycles. The van der Waals surface area contributed by atoms with Gasteiger partial charge in [0, 0.05) is 26.6 Å². The van der Waals surface area contributed by atoms with E-state index in [2.05, 4.69) is 54.6 Å². The molecule has 28 heavy (non-hydrogen) atoms. The van der Waals surface area contributed by atoms with Crippen molar-refractivity contribution in [1.29, 1.82) is 0 Å². The van der Waals surface area contributed by atoms with Gasteiger partial charge in [0.1, 0.15) is 5.75 Å². The zero-order valence-corrected chi connectivity index (χ0v) is 16.5. The Morgan fingerprint density at radius 3 is 2.50 bits per heavy atom. The maximum Gasteiger partial charge on any atom is 0.156 e. The van der Waals surface area contributed by atoms with Gasteiger partial charge >= 0.3 is 0 Å². The minimum absolute atomic E-state index is 0.207. The van der Waals surface area contributed by atoms with E-state index in [-0.39, 0.29) is 11.7 Å². The van der Waals surface area contributed by atoms with E-state index in [9.17, 15) is 4.79 Å². The number of hydrogen-bond acceptors (Lipinski definition) is 3. The number of benzene rings is 3. The minimum Gasteiger partial charge on any atom is -0.497 e. The van der Waals surface area contributed by atoms with Crippen LogP contribution < -0.4 is 4.74 Å². The second-order valence-electron chi connectivity index (χ2n) is 7.32. The molecule has 0 spiro atoms. The lowest BCUT2D eigenvalue weighted by Crippen LogP contribution is -2.12. The lowest BCUT2D eigenvalue weighted by Gasteiger charge is -2.23. The van der Waals surface area contributed by atoms with Crippen LogP contribution in [-0.4, -0.2) is 12.9 Å². The Morgan fingerprint density at radius 1 is 0.893 bits per heavy atom. The van der Waals surface area contributed by atoms with Crippen LogP contribution in [0, 0.1) is 0 Å². The molecule has 4 aromatic rings. The molecule has 2 nitrogen and oxygen atoms in total. The summed E-state index contributed by atoms with van der Waals surface area (Å²) in [6.45, 7) is 0. The number of methoxy groups -OCH3 is 1. The first-order valence-corrected chi connectivity index (χ1v) is 10.3. The molecule has 0 N–H and O–H groups in total. The Morgan fingerprint density at radius 2 is 1.68 bits per heavy atom. The summed E-state index contributed by atoms with van der Waals surface area (Å²) in [7, 11) is 1.67. The fraction of sp³-hybridized carbons (Fsp3) is 0.160. The molecular weight excluding hydrogens is 364 g/mol. The predicted octanol–water partition coefficient (Wildman–Crippen LogP) is 6.59. The van der Waals surface area contributed by atoms with Crippen LogP contribution in [-0.2, 0) is 4.79 Å². The largest absolute Gasteiger partial charge is 0.497 e. The molecule has 5 rings (SSSR count). The van der Waals surface area contributed by atoms with E-state index >= 15 is 0 Å². The van der Waals surface area contributed by atoms with Crippen molar-refractivity contribution in [3.63, 3.8) is 0 Å². The zero-order chi connectivity index (χ0) is 19.1. The van der Waals surface area contributed by atoms with Gasteiger partial charge in [-0.05, 0) is 59.4 Å². The van der Waals surface area contributed by atoms with Gasteiger partial charge in [-0.2, -0.15) is 0 Å². The molecule has 3 heteroatoms. The summed E-state index contributed by atoms with van der Waals surface area (Å²) < 4.78 is 7.84. The fourth-order valence-corrected chi connectivity index (χ4v) is 5.28. The molecular formula is C25H20O2S. The second kappa shape index (κ2) is 6.92. The van der Waals surface area contributed by atoms with Crippen LogP contribution in [0.5, 0.6) is 5.75 Å². The molecule has 0 amide bonds. The number of carbonyl (C=O) groups excluding carboxylic acids is 1. The molecule has 0 radical (unpaired) electrons. The lowest BCUT2D eigenvalue weighted by molar-refractivity contribution is -0.115. The van der Waals surface area contributed by atoms with Crippen LogP contribution in [0.15, 0.2) is 72.8 Å². The molecule has 138 valence electrons. The van der Waals surface area contributed by atoms with Crippen molar-refractivity contribution >= 4 is 42.9 Å². The van der Waals surface area contributed by atoms with Crippen molar-refractivity contribution in [3.8, 4) is 5.75 Å². The van der Waals surface area contributed by atoms with E-state index in [0.29, 0.717) is 6.42 Å². The van der Waals surface area contributed by atoms with Gasteiger partial charge in [-0.25, -0.2) is 0 Å². The summed E-state index contributed by atoms with van der Waals surface area (Å²) in [5.74, 6) is 1.27. The highest BCUT2D eigenvalue weighted by molar-refractivity contribution is 7.25. The molecule has 0 saturated heterocycles. The van der Waals surface area contributed by atoms with Gasteiger partial charge in [0.05, 0.1) is 7.11 Å². The van der Waals surface area contributed by atoms with E-state index in [1.807, 2.05) is 29.5 Å². The molecule has 0 unspecified atom stereocenters. The Hall–Kier alpha value is -2.91. The zero-order valence-electron chi connectivity index (χ0n) is 15.6. The Labute approximate surface area is 168 Å². The van der Waals surface area contributed by atoms with Gasteiger partial charge in [-0.15, -0.1) is 11.3 Å². The quantitative estimate of drug-likeness (QED) is 0.398. The average Bonchev–Trinajstić information content (AvgIpc) is 3.11. The molecule has 0 saturated carbocycles. The van der Waals surface area contributed by atoms with E-state index in [1.54, 1.807) is 7.11 Å². The van der Waals surface area contributed by atoms with Crippen LogP contribution in [0.2, 0.25) is 0 Å². The second-order valence-corrected chi connectivity index (χ2v) is 8.41. The molecule has 1 aliphatic rings. The summed E-state index contributed by atoms with van der Waals surface area (Å²) in [5, 5.41) is 2.60. The van der Waals surface area contributed by atoms with Crippen molar-refractivity contribution in [2.75, 3.05) is 7.11 Å². The summed E-state index contributed by atoms with van der Waals surface area (Å²) in [4.78, 5) is 12.5. The fourth-order valence-electron chi connectivity index (χ4n) is 4.13. The summed E-state index contributed by atoms with van der Waals surface area (Å²) >= 11 is 1.82. The summed E-state index contributed by atoms with van der Waals surface area (Å²) in [6, 6.07) is 23.2. The van der Waals surface area contributed by atoms with Crippen LogP contribution in [0.4, 0.5) is 0 Å². The normalized spacial score (nSPS) is 17.1. The van der Waals surface area contributed by atoms with Crippen molar-refractivity contribution in [3.05, 3.63) is 83.9 Å². The number of thiophene rings is 1. The third-order valence-corrected chi connectivity index (χ3v) is 6.72. The maximum absolute atomic E-state index is 12.5. The van der Waals surface area contributed by atoms with Crippen LogP contribution >= 0.6 is 11.3 Å². The first-order chi connectivity index (χ1) is 13.7. The highest BCUT2D eigenvalue weighted by Gasteiger charge is 2.23. The number of ether oxygens (including phenoxy) is 1. The topological polar surface area (TPSA) is 26.3 Å². The van der Waals surface area contributed by atoms with Crippen molar-refractivity contribution in [2.24, 2.45) is 0 Å². The third kappa shape index (κ3) is 3.02. The highest BCUT2D eigenvalue weighted by Crippen LogP contribution is 2.39. The molecule has 0 fully saturated rings. The standard InChI is InChI=1S/C25H20O2S/c1-27-21-9-6-16(7-10-21)18-12-19(14-20(26)13-18)17-8-11-23-22-4-2-3-5-24(22)28-25(23)15-17/h2-11,14-15,18H,12-13H2,1H3/t18-/m1/s1. The van der Waals surface area contributed by atoms with Crippen LogP contribution in [0.25, 0.3) is 25.7 Å². The SMILES string of the molecule is COc1ccc([C@H]2CC(=O)C=C(c3ccc4c(c3)sc3ccccc34)C2)cc1. The summed E-state index contributed by atoms with van der Waals surface area (Å²) in [5.41, 5.74) is 3.49. The number of rotatable bonds is 3. The number of hydrogen-bond donors (Lipinski definition) is 0. The van der Waals surface area contributed by atoms with Gasteiger partial charge in [-0.3, -0.25) is 4.79 Å². The van der Waals surface area contributed by atoms with Crippen LogP contribution in [0.3, 0.4) is 0 Å². The Bertz CT molecular complexity index is 1210. The molecule has 0 aliphatic heterocycles. The van der Waals surface area contributed by atoms with E-state index in [1.165, 1.54) is 25.7 Å². The first-order valence-electron chi connectivity index (χ1n) is 9.50. The first kappa shape index (κ1) is 17.2. The van der Waals surface area contributed by atoms with E-state index in [0.717, 1.165) is 23.3 Å². The molecule has 1 aromatic heterocycles. The van der Waals surface area contributed by atoms with Gasteiger partial charge in [0.25, 0.3) is 0 Å². The number of carbonyl (C=O) groups is 1. The highest BCUT2D eigenvalue weighted by atomic mass is 32.1. The molecule has 0 bridgehead atoms. The van der Waals surface area contributed by atoms with Gasteiger partial charge in [0.15, 0.2) is 5.78 Å². The number of fused-ring (bicyclic) bond motifs is 3. The van der Waals surface area contributed by atoms with Gasteiger partial charge in [-0.1, -0.05) is 42.5 Å². The molecule has 1 heterocycles. The van der Waals surface area contributed by atoms with Crippen LogP contribution in [0.1, 0.15) is 29.9 Å². The average molecular weight is 385 g/mol. The molecule has 1 atom stereocenters.